The summed E-state index contributed by atoms with van der Waals surface area (Å²) in [5, 5.41) is 12.1. The summed E-state index contributed by atoms with van der Waals surface area (Å²) in [5.74, 6) is 0.192. The lowest BCUT2D eigenvalue weighted by molar-refractivity contribution is 0.0695. The van der Waals surface area contributed by atoms with Gasteiger partial charge in [0.1, 0.15) is 17.1 Å². The molecule has 2 N–H and O–H groups in total. The van der Waals surface area contributed by atoms with E-state index in [-0.39, 0.29) is 5.56 Å². The monoisotopic (exact) mass is 240 g/mol. The smallest absolute Gasteiger partial charge is 0.339 e. The van der Waals surface area contributed by atoms with E-state index in [1.165, 1.54) is 0 Å². The number of furan rings is 1. The molecule has 0 radical (unpaired) electrons. The van der Waals surface area contributed by atoms with Crippen LogP contribution in [-0.2, 0) is 6.54 Å². The van der Waals surface area contributed by atoms with Gasteiger partial charge >= 0.3 is 5.97 Å². The highest BCUT2D eigenvalue weighted by molar-refractivity contribution is 5.88. The molecule has 5 nitrogen and oxygen atoms in total. The third-order valence-corrected chi connectivity index (χ3v) is 2.46. The molecule has 1 aromatic heterocycles. The molecule has 0 aliphatic rings. The second-order valence-corrected chi connectivity index (χ2v) is 4.32. The second kappa shape index (κ2) is 6.42. The van der Waals surface area contributed by atoms with Crippen LogP contribution in [0.2, 0.25) is 0 Å². The van der Waals surface area contributed by atoms with Crippen LogP contribution < -0.4 is 5.32 Å². The van der Waals surface area contributed by atoms with Gasteiger partial charge in [-0.1, -0.05) is 0 Å². The second-order valence-electron chi connectivity index (χ2n) is 4.32. The van der Waals surface area contributed by atoms with E-state index in [4.69, 9.17) is 9.52 Å². The fourth-order valence-corrected chi connectivity index (χ4v) is 1.58. The average Bonchev–Trinajstić information content (AvgIpc) is 2.59. The molecule has 0 amide bonds. The van der Waals surface area contributed by atoms with Gasteiger partial charge < -0.3 is 19.7 Å². The Kier molecular flexibility index (Phi) is 5.18. The zero-order valence-electron chi connectivity index (χ0n) is 10.6. The van der Waals surface area contributed by atoms with E-state index in [0.717, 1.165) is 19.5 Å². The van der Waals surface area contributed by atoms with E-state index in [1.54, 1.807) is 13.0 Å². The number of nitrogens with one attached hydrogen (secondary N) is 1. The average molecular weight is 240 g/mol. The van der Waals surface area contributed by atoms with Gasteiger partial charge in [0.15, 0.2) is 0 Å². The first-order chi connectivity index (χ1) is 8.00. The Balaban J connectivity index is 2.32. The van der Waals surface area contributed by atoms with Crippen LogP contribution in [0.1, 0.15) is 28.3 Å². The van der Waals surface area contributed by atoms with Crippen molar-refractivity contribution in [3.05, 3.63) is 23.2 Å². The molecule has 0 spiro atoms. The van der Waals surface area contributed by atoms with Crippen molar-refractivity contribution in [2.24, 2.45) is 0 Å². The molecule has 0 saturated heterocycles. The van der Waals surface area contributed by atoms with Crippen LogP contribution in [0.3, 0.4) is 0 Å². The number of carbonyl (C=O) groups is 1. The van der Waals surface area contributed by atoms with E-state index in [2.05, 4.69) is 10.2 Å². The molecule has 1 rings (SSSR count). The predicted molar refractivity (Wildman–Crippen MR) is 65.3 cm³/mol. The zero-order valence-corrected chi connectivity index (χ0v) is 10.6. The Morgan fingerprint density at radius 2 is 2.24 bits per heavy atom. The van der Waals surface area contributed by atoms with Crippen LogP contribution in [0, 0.1) is 6.92 Å². The van der Waals surface area contributed by atoms with Crippen LogP contribution in [0.5, 0.6) is 0 Å². The maximum atomic E-state index is 10.8. The Bertz CT molecular complexity index is 372. The molecular formula is C12H20N2O3. The maximum Gasteiger partial charge on any atom is 0.339 e. The van der Waals surface area contributed by atoms with Crippen LogP contribution in [0.25, 0.3) is 0 Å². The first kappa shape index (κ1) is 13.7. The van der Waals surface area contributed by atoms with Gasteiger partial charge in [0, 0.05) is 0 Å². The number of aromatic carboxylic acids is 1. The van der Waals surface area contributed by atoms with Crippen molar-refractivity contribution in [1.82, 2.24) is 10.2 Å². The van der Waals surface area contributed by atoms with Crippen LogP contribution in [0.4, 0.5) is 0 Å². The van der Waals surface area contributed by atoms with Gasteiger partial charge in [0.25, 0.3) is 0 Å². The molecule has 0 bridgehead atoms. The van der Waals surface area contributed by atoms with Gasteiger partial charge in [-0.25, -0.2) is 4.79 Å². The van der Waals surface area contributed by atoms with E-state index in [0.29, 0.717) is 18.1 Å². The summed E-state index contributed by atoms with van der Waals surface area (Å²) >= 11 is 0. The number of carboxylic acids is 1. The van der Waals surface area contributed by atoms with Crippen LogP contribution >= 0.6 is 0 Å². The highest BCUT2D eigenvalue weighted by atomic mass is 16.4. The molecule has 0 fully saturated rings. The SMILES string of the molecule is Cc1oc(CNCCCN(C)C)cc1C(=O)O. The first-order valence-electron chi connectivity index (χ1n) is 5.68. The van der Waals surface area contributed by atoms with Crippen molar-refractivity contribution in [2.45, 2.75) is 19.9 Å². The fourth-order valence-electron chi connectivity index (χ4n) is 1.58. The fraction of sp³-hybridized carbons (Fsp3) is 0.583. The molecule has 0 aliphatic carbocycles. The standard InChI is InChI=1S/C12H20N2O3/c1-9-11(12(15)16)7-10(17-9)8-13-5-4-6-14(2)3/h7,13H,4-6,8H2,1-3H3,(H,15,16). The lowest BCUT2D eigenvalue weighted by atomic mass is 10.2. The van der Waals surface area contributed by atoms with E-state index in [1.807, 2.05) is 14.1 Å². The van der Waals surface area contributed by atoms with Gasteiger partial charge in [0.05, 0.1) is 6.54 Å². The van der Waals surface area contributed by atoms with Gasteiger partial charge in [-0.3, -0.25) is 0 Å². The highest BCUT2D eigenvalue weighted by Gasteiger charge is 2.12. The first-order valence-corrected chi connectivity index (χ1v) is 5.68. The maximum absolute atomic E-state index is 10.8. The molecule has 0 aromatic carbocycles. The summed E-state index contributed by atoms with van der Waals surface area (Å²) in [6.07, 6.45) is 1.05. The number of carboxylic acid groups (broad SMARTS) is 1. The summed E-state index contributed by atoms with van der Waals surface area (Å²) in [6.45, 7) is 4.16. The van der Waals surface area contributed by atoms with E-state index in [9.17, 15) is 4.79 Å². The third-order valence-electron chi connectivity index (χ3n) is 2.46. The molecule has 0 unspecified atom stereocenters. The topological polar surface area (TPSA) is 65.7 Å². The Morgan fingerprint density at radius 3 is 2.76 bits per heavy atom. The van der Waals surface area contributed by atoms with Gasteiger partial charge in [-0.15, -0.1) is 0 Å². The molecule has 0 atom stereocenters. The third kappa shape index (κ3) is 4.58. The summed E-state index contributed by atoms with van der Waals surface area (Å²) < 4.78 is 5.35. The van der Waals surface area contributed by atoms with E-state index < -0.39 is 5.97 Å². The summed E-state index contributed by atoms with van der Waals surface area (Å²) in [5.41, 5.74) is 0.245. The van der Waals surface area contributed by atoms with Crippen molar-refractivity contribution in [3.8, 4) is 0 Å². The molecule has 5 heteroatoms. The minimum Gasteiger partial charge on any atom is -0.478 e. The number of aryl methyl sites for hydroxylation is 1. The molecule has 0 aliphatic heterocycles. The molecule has 0 saturated carbocycles. The van der Waals surface area contributed by atoms with Crippen molar-refractivity contribution in [1.29, 1.82) is 0 Å². The molecule has 1 aromatic rings. The minimum absolute atomic E-state index is 0.245. The van der Waals surface area contributed by atoms with Gasteiger partial charge in [-0.05, 0) is 46.6 Å². The van der Waals surface area contributed by atoms with Gasteiger partial charge in [-0.2, -0.15) is 0 Å². The van der Waals surface area contributed by atoms with Crippen LogP contribution in [0.15, 0.2) is 10.5 Å². The molecule has 17 heavy (non-hydrogen) atoms. The van der Waals surface area contributed by atoms with Crippen LogP contribution in [-0.4, -0.2) is 43.2 Å². The molecular weight excluding hydrogens is 220 g/mol. The van der Waals surface area contributed by atoms with Crippen molar-refractivity contribution in [3.63, 3.8) is 0 Å². The number of rotatable bonds is 7. The van der Waals surface area contributed by atoms with Crippen molar-refractivity contribution in [2.75, 3.05) is 27.2 Å². The van der Waals surface area contributed by atoms with Crippen molar-refractivity contribution < 1.29 is 14.3 Å². The molecule has 96 valence electrons. The van der Waals surface area contributed by atoms with E-state index >= 15 is 0 Å². The lowest BCUT2D eigenvalue weighted by Gasteiger charge is -2.08. The Hall–Kier alpha value is -1.33. The minimum atomic E-state index is -0.940. The normalized spacial score (nSPS) is 11.1. The largest absolute Gasteiger partial charge is 0.478 e. The zero-order chi connectivity index (χ0) is 12.8. The quantitative estimate of drug-likeness (QED) is 0.704. The number of nitrogens with zero attached hydrogens (tertiary/aromatic N) is 1. The lowest BCUT2D eigenvalue weighted by Crippen LogP contribution is -2.20. The van der Waals surface area contributed by atoms with Gasteiger partial charge in [0.2, 0.25) is 0 Å². The highest BCUT2D eigenvalue weighted by Crippen LogP contribution is 2.14. The Morgan fingerprint density at radius 1 is 1.53 bits per heavy atom. The van der Waals surface area contributed by atoms with Crippen molar-refractivity contribution >= 4 is 5.97 Å². The number of hydrogen-bond acceptors (Lipinski definition) is 4. The molecule has 1 heterocycles. The summed E-state index contributed by atoms with van der Waals surface area (Å²) in [7, 11) is 4.07. The summed E-state index contributed by atoms with van der Waals surface area (Å²) in [4.78, 5) is 12.9. The number of hydrogen-bond donors (Lipinski definition) is 2. The summed E-state index contributed by atoms with van der Waals surface area (Å²) in [6, 6.07) is 1.58. The predicted octanol–water partition coefficient (Wildman–Crippen LogP) is 1.33. The Labute approximate surface area is 101 Å².